The highest BCUT2D eigenvalue weighted by Crippen LogP contribution is 2.24. The maximum absolute atomic E-state index is 12.2. The number of aryl methyl sites for hydroxylation is 3. The average molecular weight is 285 g/mol. The maximum Gasteiger partial charge on any atom is 0.318 e. The van der Waals surface area contributed by atoms with Gasteiger partial charge in [0.1, 0.15) is 4.90 Å². The monoisotopic (exact) mass is 285 g/mol. The molecule has 0 fully saturated rings. The van der Waals surface area contributed by atoms with Crippen molar-refractivity contribution in [2.45, 2.75) is 39.5 Å². The molecule has 106 valence electrons. The average Bonchev–Trinajstić information content (AvgIpc) is 2.23. The van der Waals surface area contributed by atoms with Crippen molar-refractivity contribution in [2.24, 2.45) is 0 Å². The summed E-state index contributed by atoms with van der Waals surface area (Å²) in [6, 6.07) is 3.54. The highest BCUT2D eigenvalue weighted by atomic mass is 32.2. The van der Waals surface area contributed by atoms with Crippen molar-refractivity contribution in [1.82, 2.24) is 5.06 Å². The molecule has 0 spiro atoms. The zero-order valence-corrected chi connectivity index (χ0v) is 12.7. The Bertz CT molecular complexity index is 570. The van der Waals surface area contributed by atoms with Crippen molar-refractivity contribution in [3.8, 4) is 0 Å². The van der Waals surface area contributed by atoms with Gasteiger partial charge in [0.05, 0.1) is 0 Å². The van der Waals surface area contributed by atoms with E-state index in [-0.39, 0.29) is 11.4 Å². The summed E-state index contributed by atoms with van der Waals surface area (Å²) in [5, 5.41) is 0.827. The molecule has 1 amide bonds. The Morgan fingerprint density at radius 3 is 2.05 bits per heavy atom. The summed E-state index contributed by atoms with van der Waals surface area (Å²) >= 11 is 0. The van der Waals surface area contributed by atoms with Crippen LogP contribution >= 0.6 is 0 Å². The van der Waals surface area contributed by atoms with Gasteiger partial charge in [0.2, 0.25) is 5.91 Å². The van der Waals surface area contributed by atoms with E-state index in [1.54, 1.807) is 32.9 Å². The highest BCUT2D eigenvalue weighted by Gasteiger charge is 2.25. The van der Waals surface area contributed by atoms with Gasteiger partial charge >= 0.3 is 10.1 Å². The van der Waals surface area contributed by atoms with Gasteiger partial charge in [-0.1, -0.05) is 17.7 Å². The topological polar surface area (TPSA) is 63.7 Å². The second-order valence-corrected chi connectivity index (χ2v) is 5.94. The number of benzene rings is 1. The number of carbonyl (C=O) groups is 1. The van der Waals surface area contributed by atoms with Gasteiger partial charge in [0.25, 0.3) is 0 Å². The third kappa shape index (κ3) is 3.54. The lowest BCUT2D eigenvalue weighted by molar-refractivity contribution is -0.152. The summed E-state index contributed by atoms with van der Waals surface area (Å²) < 4.78 is 29.4. The molecule has 0 heterocycles. The predicted molar refractivity (Wildman–Crippen MR) is 72.0 cm³/mol. The third-order valence-corrected chi connectivity index (χ3v) is 4.20. The van der Waals surface area contributed by atoms with Crippen LogP contribution in [0.4, 0.5) is 0 Å². The number of hydroxylamine groups is 2. The zero-order chi connectivity index (χ0) is 14.8. The number of nitrogens with zero attached hydrogens (tertiary/aromatic N) is 1. The molecule has 1 aromatic rings. The van der Waals surface area contributed by atoms with Gasteiger partial charge in [-0.3, -0.25) is 4.79 Å². The number of hydrogen-bond acceptors (Lipinski definition) is 4. The molecule has 19 heavy (non-hydrogen) atoms. The van der Waals surface area contributed by atoms with Crippen LogP contribution in [0, 0.1) is 20.8 Å². The fraction of sp³-hybridized carbons (Fsp3) is 0.462. The third-order valence-electron chi connectivity index (χ3n) is 2.68. The normalized spacial score (nSPS) is 11.4. The Labute approximate surface area is 114 Å². The lowest BCUT2D eigenvalue weighted by atomic mass is 10.1. The number of carbonyl (C=O) groups excluding carboxylic acids is 1. The van der Waals surface area contributed by atoms with Crippen molar-refractivity contribution in [2.75, 3.05) is 6.54 Å². The van der Waals surface area contributed by atoms with Gasteiger partial charge in [-0.05, 0) is 38.8 Å². The van der Waals surface area contributed by atoms with E-state index < -0.39 is 16.0 Å². The van der Waals surface area contributed by atoms with Crippen LogP contribution in [0.25, 0.3) is 0 Å². The first kappa shape index (κ1) is 15.7. The van der Waals surface area contributed by atoms with Crippen molar-refractivity contribution in [1.29, 1.82) is 0 Å². The molecule has 0 N–H and O–H groups in total. The quantitative estimate of drug-likeness (QED) is 0.795. The van der Waals surface area contributed by atoms with Crippen LogP contribution < -0.4 is 0 Å². The summed E-state index contributed by atoms with van der Waals surface area (Å²) in [7, 11) is -3.99. The molecule has 1 rings (SSSR count). The molecule has 6 heteroatoms. The Morgan fingerprint density at radius 2 is 1.68 bits per heavy atom. The minimum Gasteiger partial charge on any atom is -0.273 e. The minimum absolute atomic E-state index is 0.123. The smallest absolute Gasteiger partial charge is 0.273 e. The van der Waals surface area contributed by atoms with Gasteiger partial charge in [-0.2, -0.15) is 8.42 Å². The summed E-state index contributed by atoms with van der Waals surface area (Å²) in [6.45, 7) is 8.38. The van der Waals surface area contributed by atoms with Crippen molar-refractivity contribution < 1.29 is 17.5 Å². The Kier molecular flexibility index (Phi) is 4.70. The predicted octanol–water partition coefficient (Wildman–Crippen LogP) is 2.10. The molecule has 0 bridgehead atoms. The summed E-state index contributed by atoms with van der Waals surface area (Å²) in [5.74, 6) is -0.450. The van der Waals surface area contributed by atoms with Crippen LogP contribution in [-0.2, 0) is 19.2 Å². The molecule has 0 aliphatic heterocycles. The summed E-state index contributed by atoms with van der Waals surface area (Å²) in [5.41, 5.74) is 2.20. The van der Waals surface area contributed by atoms with Crippen LogP contribution in [0.1, 0.15) is 30.5 Å². The van der Waals surface area contributed by atoms with Gasteiger partial charge in [-0.25, -0.2) is 5.06 Å². The Hall–Kier alpha value is -1.40. The minimum atomic E-state index is -3.99. The van der Waals surface area contributed by atoms with E-state index in [2.05, 4.69) is 0 Å². The van der Waals surface area contributed by atoms with Crippen LogP contribution in [0.2, 0.25) is 0 Å². The van der Waals surface area contributed by atoms with E-state index in [0.29, 0.717) is 11.1 Å². The molecule has 1 aromatic carbocycles. The second-order valence-electron chi connectivity index (χ2n) is 4.47. The van der Waals surface area contributed by atoms with Crippen LogP contribution in [0.15, 0.2) is 17.0 Å². The molecule has 0 aliphatic rings. The summed E-state index contributed by atoms with van der Waals surface area (Å²) in [6.07, 6.45) is 0. The Balaban J connectivity index is 3.25. The van der Waals surface area contributed by atoms with Gasteiger partial charge in [-0.15, -0.1) is 4.28 Å². The van der Waals surface area contributed by atoms with E-state index >= 15 is 0 Å². The second kappa shape index (κ2) is 5.71. The molecular formula is C13H19NO4S. The number of rotatable bonds is 4. The molecule has 0 saturated heterocycles. The highest BCUT2D eigenvalue weighted by molar-refractivity contribution is 7.86. The van der Waals surface area contributed by atoms with Crippen molar-refractivity contribution >= 4 is 16.0 Å². The number of hydrogen-bond donors (Lipinski definition) is 0. The first-order valence-electron chi connectivity index (χ1n) is 5.99. The van der Waals surface area contributed by atoms with Gasteiger partial charge in [0, 0.05) is 13.5 Å². The SMILES string of the molecule is CCN(OS(=O)(=O)c1c(C)cc(C)cc1C)C(C)=O. The van der Waals surface area contributed by atoms with Crippen LogP contribution in [0.5, 0.6) is 0 Å². The van der Waals surface area contributed by atoms with Crippen LogP contribution in [0.3, 0.4) is 0 Å². The Morgan fingerprint density at radius 1 is 1.21 bits per heavy atom. The van der Waals surface area contributed by atoms with Gasteiger partial charge < -0.3 is 0 Å². The molecular weight excluding hydrogens is 266 g/mol. The standard InChI is InChI=1S/C13H19NO4S/c1-6-14(12(5)15)18-19(16,17)13-10(3)7-9(2)8-11(13)4/h7-8H,6H2,1-5H3. The molecule has 0 radical (unpaired) electrons. The molecule has 0 unspecified atom stereocenters. The maximum atomic E-state index is 12.2. The first-order valence-corrected chi connectivity index (χ1v) is 7.40. The largest absolute Gasteiger partial charge is 0.318 e. The van der Waals surface area contributed by atoms with Crippen LogP contribution in [-0.4, -0.2) is 25.9 Å². The fourth-order valence-corrected chi connectivity index (χ4v) is 3.47. The van der Waals surface area contributed by atoms with E-state index in [0.717, 1.165) is 10.6 Å². The fourth-order valence-electron chi connectivity index (χ4n) is 2.04. The van der Waals surface area contributed by atoms with E-state index in [4.69, 9.17) is 4.28 Å². The van der Waals surface area contributed by atoms with Gasteiger partial charge in [0.15, 0.2) is 0 Å². The molecule has 5 nitrogen and oxygen atoms in total. The zero-order valence-electron chi connectivity index (χ0n) is 11.9. The van der Waals surface area contributed by atoms with Crippen molar-refractivity contribution in [3.63, 3.8) is 0 Å². The molecule has 0 atom stereocenters. The molecule has 0 aromatic heterocycles. The summed E-state index contributed by atoms with van der Waals surface area (Å²) in [4.78, 5) is 11.4. The van der Waals surface area contributed by atoms with E-state index in [9.17, 15) is 13.2 Å². The number of amides is 1. The van der Waals surface area contributed by atoms with Crippen molar-refractivity contribution in [3.05, 3.63) is 28.8 Å². The molecule has 0 saturated carbocycles. The lowest BCUT2D eigenvalue weighted by Gasteiger charge is -2.19. The first-order chi connectivity index (χ1) is 8.69. The molecule has 0 aliphatic carbocycles. The van der Waals surface area contributed by atoms with E-state index in [1.807, 2.05) is 6.92 Å². The lowest BCUT2D eigenvalue weighted by Crippen LogP contribution is -2.32. The van der Waals surface area contributed by atoms with E-state index in [1.165, 1.54) is 6.92 Å².